The number of halogens is 1. The Balaban J connectivity index is 2.21. The van der Waals surface area contributed by atoms with Crippen LogP contribution in [0.1, 0.15) is 27.0 Å². The summed E-state index contributed by atoms with van der Waals surface area (Å²) in [5, 5.41) is 14.2. The highest BCUT2D eigenvalue weighted by Crippen LogP contribution is 2.39. The summed E-state index contributed by atoms with van der Waals surface area (Å²) in [7, 11) is 0. The van der Waals surface area contributed by atoms with Crippen LogP contribution in [0.25, 0.3) is 16.7 Å². The summed E-state index contributed by atoms with van der Waals surface area (Å²) in [6.07, 6.45) is 2.19. The van der Waals surface area contributed by atoms with Crippen LogP contribution in [0.3, 0.4) is 0 Å². The molecular formula is C18H17ClN4O2. The lowest BCUT2D eigenvalue weighted by atomic mass is 10.1. The second-order valence-electron chi connectivity index (χ2n) is 6.26. The molecule has 0 fully saturated rings. The molecule has 4 rings (SSSR count). The van der Waals surface area contributed by atoms with Gasteiger partial charge in [-0.2, -0.15) is 0 Å². The van der Waals surface area contributed by atoms with Crippen molar-refractivity contribution in [3.63, 3.8) is 0 Å². The predicted octanol–water partition coefficient (Wildman–Crippen LogP) is 2.87. The number of carbonyl (C=O) groups is 1. The summed E-state index contributed by atoms with van der Waals surface area (Å²) in [5.41, 5.74) is 10.5. The van der Waals surface area contributed by atoms with Crippen molar-refractivity contribution >= 4 is 34.4 Å². The van der Waals surface area contributed by atoms with Crippen molar-refractivity contribution < 1.29 is 9.90 Å². The van der Waals surface area contributed by atoms with E-state index in [0.29, 0.717) is 46.0 Å². The number of anilines is 1. The molecule has 0 saturated carbocycles. The first-order valence-electron chi connectivity index (χ1n) is 7.96. The first kappa shape index (κ1) is 15.8. The molecule has 1 aromatic carbocycles. The highest BCUT2D eigenvalue weighted by atomic mass is 35.5. The summed E-state index contributed by atoms with van der Waals surface area (Å²) < 4.78 is 1.74. The molecule has 0 radical (unpaired) electrons. The number of nitrogen functional groups attached to an aromatic ring is 1. The quantitative estimate of drug-likeness (QED) is 0.625. The SMILES string of the molecule is Cc1ccc(O)c(C)c1-n1c(N)c2c3c(c(Cl)cnc31)CCNC2=O. The maximum absolute atomic E-state index is 12.6. The van der Waals surface area contributed by atoms with E-state index in [-0.39, 0.29) is 11.7 Å². The zero-order valence-corrected chi connectivity index (χ0v) is 14.6. The van der Waals surface area contributed by atoms with Gasteiger partial charge < -0.3 is 16.2 Å². The van der Waals surface area contributed by atoms with Gasteiger partial charge in [-0.05, 0) is 37.5 Å². The van der Waals surface area contributed by atoms with E-state index in [0.717, 1.165) is 16.8 Å². The van der Waals surface area contributed by atoms with E-state index < -0.39 is 0 Å². The number of aromatic hydroxyl groups is 1. The number of hydrogen-bond donors (Lipinski definition) is 3. The summed E-state index contributed by atoms with van der Waals surface area (Å²) in [4.78, 5) is 17.0. The fourth-order valence-electron chi connectivity index (χ4n) is 3.56. The van der Waals surface area contributed by atoms with Crippen molar-refractivity contribution in [1.82, 2.24) is 14.9 Å². The summed E-state index contributed by atoms with van der Waals surface area (Å²) >= 11 is 6.33. The van der Waals surface area contributed by atoms with E-state index in [2.05, 4.69) is 10.3 Å². The highest BCUT2D eigenvalue weighted by Gasteiger charge is 2.29. The van der Waals surface area contributed by atoms with Gasteiger partial charge in [0.25, 0.3) is 5.91 Å². The van der Waals surface area contributed by atoms with Crippen LogP contribution in [0.2, 0.25) is 5.02 Å². The Morgan fingerprint density at radius 2 is 2.12 bits per heavy atom. The Bertz CT molecular complexity index is 1060. The molecule has 0 saturated heterocycles. The number of aromatic nitrogens is 2. The van der Waals surface area contributed by atoms with Crippen LogP contribution in [-0.4, -0.2) is 27.1 Å². The lowest BCUT2D eigenvalue weighted by molar-refractivity contribution is 0.0958. The Labute approximate surface area is 149 Å². The number of carbonyl (C=O) groups excluding carboxylic acids is 1. The number of nitrogens with two attached hydrogens (primary N) is 1. The molecule has 128 valence electrons. The van der Waals surface area contributed by atoms with Crippen molar-refractivity contribution in [3.8, 4) is 11.4 Å². The van der Waals surface area contributed by atoms with Crippen LogP contribution in [0.4, 0.5) is 5.82 Å². The van der Waals surface area contributed by atoms with Gasteiger partial charge in [0.1, 0.15) is 17.2 Å². The molecule has 1 amide bonds. The summed E-state index contributed by atoms with van der Waals surface area (Å²) in [5.74, 6) is 0.218. The van der Waals surface area contributed by atoms with Gasteiger partial charge in [-0.1, -0.05) is 17.7 Å². The number of aryl methyl sites for hydroxylation is 1. The molecule has 3 heterocycles. The number of pyridine rings is 1. The van der Waals surface area contributed by atoms with Gasteiger partial charge in [0.15, 0.2) is 0 Å². The third kappa shape index (κ3) is 2.10. The number of nitrogens with one attached hydrogen (secondary N) is 1. The minimum absolute atomic E-state index is 0.161. The van der Waals surface area contributed by atoms with E-state index in [1.807, 2.05) is 19.9 Å². The number of hydrogen-bond acceptors (Lipinski definition) is 4. The molecule has 0 atom stereocenters. The fraction of sp³-hybridized carbons (Fsp3) is 0.222. The average molecular weight is 357 g/mol. The molecule has 2 aromatic heterocycles. The molecular weight excluding hydrogens is 340 g/mol. The molecule has 6 nitrogen and oxygen atoms in total. The topological polar surface area (TPSA) is 93.2 Å². The van der Waals surface area contributed by atoms with Crippen LogP contribution in [-0.2, 0) is 6.42 Å². The molecule has 4 N–H and O–H groups in total. The predicted molar refractivity (Wildman–Crippen MR) is 97.7 cm³/mol. The number of phenolic OH excluding ortho intramolecular Hbond substituents is 1. The Kier molecular flexibility index (Phi) is 3.40. The molecule has 7 heteroatoms. The lowest BCUT2D eigenvalue weighted by Gasteiger charge is -2.16. The Hall–Kier alpha value is -2.73. The smallest absolute Gasteiger partial charge is 0.255 e. The standard InChI is InChI=1S/C18H17ClN4O2/c1-8-3-4-12(24)9(2)15(8)23-16(20)14-13-10(5-6-21-18(14)25)11(19)7-22-17(13)23/h3-4,7,24H,5-6,20H2,1-2H3,(H,21,25). The minimum atomic E-state index is -0.237. The van der Waals surface area contributed by atoms with Gasteiger partial charge in [0.2, 0.25) is 0 Å². The largest absolute Gasteiger partial charge is 0.508 e. The maximum atomic E-state index is 12.6. The number of nitrogens with zero attached hydrogens (tertiary/aromatic N) is 2. The zero-order chi connectivity index (χ0) is 17.9. The van der Waals surface area contributed by atoms with Crippen molar-refractivity contribution in [2.75, 3.05) is 12.3 Å². The Morgan fingerprint density at radius 3 is 2.88 bits per heavy atom. The van der Waals surface area contributed by atoms with Gasteiger partial charge in [-0.3, -0.25) is 9.36 Å². The van der Waals surface area contributed by atoms with E-state index in [1.54, 1.807) is 16.8 Å². The van der Waals surface area contributed by atoms with Crippen molar-refractivity contribution in [1.29, 1.82) is 0 Å². The third-order valence-corrected chi connectivity index (χ3v) is 5.11. The average Bonchev–Trinajstić information content (AvgIpc) is 2.73. The summed E-state index contributed by atoms with van der Waals surface area (Å²) in [6.45, 7) is 4.23. The number of phenols is 1. The molecule has 0 bridgehead atoms. The van der Waals surface area contributed by atoms with Gasteiger partial charge in [-0.15, -0.1) is 0 Å². The number of amides is 1. The number of benzene rings is 1. The van der Waals surface area contributed by atoms with Crippen LogP contribution in [0, 0.1) is 13.8 Å². The Morgan fingerprint density at radius 1 is 1.36 bits per heavy atom. The lowest BCUT2D eigenvalue weighted by Crippen LogP contribution is -2.24. The van der Waals surface area contributed by atoms with Gasteiger partial charge in [0.05, 0.1) is 16.3 Å². The molecule has 25 heavy (non-hydrogen) atoms. The zero-order valence-electron chi connectivity index (χ0n) is 13.9. The maximum Gasteiger partial charge on any atom is 0.255 e. The third-order valence-electron chi connectivity index (χ3n) is 4.79. The molecule has 0 unspecified atom stereocenters. The van der Waals surface area contributed by atoms with E-state index in [4.69, 9.17) is 17.3 Å². The second kappa shape index (κ2) is 5.39. The molecule has 0 aliphatic carbocycles. The van der Waals surface area contributed by atoms with Crippen LogP contribution >= 0.6 is 11.6 Å². The highest BCUT2D eigenvalue weighted by molar-refractivity contribution is 6.32. The summed E-state index contributed by atoms with van der Waals surface area (Å²) in [6, 6.07) is 3.45. The van der Waals surface area contributed by atoms with Crippen LogP contribution < -0.4 is 11.1 Å². The van der Waals surface area contributed by atoms with E-state index in [1.165, 1.54) is 0 Å². The molecule has 0 spiro atoms. The molecule has 1 aliphatic rings. The monoisotopic (exact) mass is 356 g/mol. The number of rotatable bonds is 1. The van der Waals surface area contributed by atoms with E-state index in [9.17, 15) is 9.90 Å². The second-order valence-corrected chi connectivity index (χ2v) is 6.67. The molecule has 3 aromatic rings. The van der Waals surface area contributed by atoms with E-state index >= 15 is 0 Å². The fourth-order valence-corrected chi connectivity index (χ4v) is 3.80. The van der Waals surface area contributed by atoms with Gasteiger partial charge >= 0.3 is 0 Å². The van der Waals surface area contributed by atoms with Gasteiger partial charge in [-0.25, -0.2) is 4.98 Å². The first-order chi connectivity index (χ1) is 11.9. The van der Waals surface area contributed by atoms with Crippen LogP contribution in [0.5, 0.6) is 5.75 Å². The van der Waals surface area contributed by atoms with Gasteiger partial charge in [0, 0.05) is 23.7 Å². The van der Waals surface area contributed by atoms with Crippen LogP contribution in [0.15, 0.2) is 18.3 Å². The molecule has 1 aliphatic heterocycles. The van der Waals surface area contributed by atoms with Crippen molar-refractivity contribution in [3.05, 3.63) is 45.6 Å². The van der Waals surface area contributed by atoms with Crippen molar-refractivity contribution in [2.45, 2.75) is 20.3 Å². The minimum Gasteiger partial charge on any atom is -0.508 e. The van der Waals surface area contributed by atoms with Crippen molar-refractivity contribution in [2.24, 2.45) is 0 Å². The normalized spacial score (nSPS) is 13.8. The first-order valence-corrected chi connectivity index (χ1v) is 8.34.